The van der Waals surface area contributed by atoms with Crippen LogP contribution >= 0.6 is 0 Å². The third-order valence-electron chi connectivity index (χ3n) is 4.78. The minimum Gasteiger partial charge on any atom is -0.490 e. The number of benzene rings is 3. The highest BCUT2D eigenvalue weighted by Gasteiger charge is 2.10. The van der Waals surface area contributed by atoms with Gasteiger partial charge in [0.1, 0.15) is 0 Å². The van der Waals surface area contributed by atoms with Crippen LogP contribution in [0.5, 0.6) is 11.5 Å². The number of carbonyl (C=O) groups excluding carboxylic acids is 2. The van der Waals surface area contributed by atoms with Crippen LogP contribution < -0.4 is 19.7 Å². The van der Waals surface area contributed by atoms with Crippen LogP contribution in [0.15, 0.2) is 78.9 Å². The highest BCUT2D eigenvalue weighted by Crippen LogP contribution is 2.29. The van der Waals surface area contributed by atoms with Crippen LogP contribution in [-0.2, 0) is 4.79 Å². The van der Waals surface area contributed by atoms with Crippen molar-refractivity contribution in [1.82, 2.24) is 0 Å². The molecule has 0 aliphatic carbocycles. The molecule has 0 aliphatic heterocycles. The van der Waals surface area contributed by atoms with E-state index in [-0.39, 0.29) is 18.3 Å². The zero-order valence-corrected chi connectivity index (χ0v) is 19.1. The van der Waals surface area contributed by atoms with E-state index in [1.54, 1.807) is 18.2 Å². The summed E-state index contributed by atoms with van der Waals surface area (Å²) < 4.78 is 11.3. The monoisotopic (exact) mass is 444 g/mol. The van der Waals surface area contributed by atoms with E-state index in [4.69, 9.17) is 9.47 Å². The normalized spacial score (nSPS) is 10.6. The number of ketones is 1. The number of para-hydroxylation sites is 1. The standard InChI is InChI=1S/C27H28N2O4/c1-4-32-26-18-20(10-16-24(30)21-12-14-23(15-13-21)29(2)3)11-17-25(26)33-19-27(31)28-22-8-6-5-7-9-22/h5-18H,4,19H2,1-3H3,(H,28,31)/b16-10+. The zero-order chi connectivity index (χ0) is 23.6. The van der Waals surface area contributed by atoms with Gasteiger partial charge in [-0.05, 0) is 67.1 Å². The van der Waals surface area contributed by atoms with Gasteiger partial charge in [-0.1, -0.05) is 30.3 Å². The van der Waals surface area contributed by atoms with Crippen LogP contribution in [0.1, 0.15) is 22.8 Å². The maximum Gasteiger partial charge on any atom is 0.262 e. The molecule has 0 bridgehead atoms. The summed E-state index contributed by atoms with van der Waals surface area (Å²) in [6.45, 7) is 2.16. The predicted molar refractivity (Wildman–Crippen MR) is 132 cm³/mol. The summed E-state index contributed by atoms with van der Waals surface area (Å²) in [5, 5.41) is 2.78. The Morgan fingerprint density at radius 2 is 1.64 bits per heavy atom. The lowest BCUT2D eigenvalue weighted by Gasteiger charge is -2.13. The van der Waals surface area contributed by atoms with Gasteiger partial charge in [-0.25, -0.2) is 0 Å². The van der Waals surface area contributed by atoms with Crippen molar-refractivity contribution in [3.63, 3.8) is 0 Å². The van der Waals surface area contributed by atoms with Gasteiger partial charge in [-0.15, -0.1) is 0 Å². The van der Waals surface area contributed by atoms with Gasteiger partial charge in [0, 0.05) is 31.0 Å². The quantitative estimate of drug-likeness (QED) is 0.350. The molecule has 0 radical (unpaired) electrons. The van der Waals surface area contributed by atoms with Crippen molar-refractivity contribution in [3.8, 4) is 11.5 Å². The summed E-state index contributed by atoms with van der Waals surface area (Å²) in [6.07, 6.45) is 3.26. The number of carbonyl (C=O) groups is 2. The van der Waals surface area contributed by atoms with Crippen molar-refractivity contribution in [1.29, 1.82) is 0 Å². The molecule has 0 atom stereocenters. The van der Waals surface area contributed by atoms with Gasteiger partial charge in [-0.2, -0.15) is 0 Å². The second-order valence-electron chi connectivity index (χ2n) is 7.48. The molecule has 1 amide bonds. The fourth-order valence-corrected chi connectivity index (χ4v) is 3.07. The highest BCUT2D eigenvalue weighted by atomic mass is 16.5. The molecule has 0 spiro atoms. The predicted octanol–water partition coefficient (Wildman–Crippen LogP) is 5.06. The van der Waals surface area contributed by atoms with Gasteiger partial charge in [0.2, 0.25) is 0 Å². The van der Waals surface area contributed by atoms with Crippen molar-refractivity contribution in [3.05, 3.63) is 90.0 Å². The van der Waals surface area contributed by atoms with Crippen molar-refractivity contribution < 1.29 is 19.1 Å². The first-order chi connectivity index (χ1) is 16.0. The molecule has 6 nitrogen and oxygen atoms in total. The second kappa shape index (κ2) is 11.5. The van der Waals surface area contributed by atoms with Crippen LogP contribution in [0.2, 0.25) is 0 Å². The number of rotatable bonds is 10. The lowest BCUT2D eigenvalue weighted by molar-refractivity contribution is -0.118. The van der Waals surface area contributed by atoms with Gasteiger partial charge < -0.3 is 19.7 Å². The lowest BCUT2D eigenvalue weighted by Crippen LogP contribution is -2.20. The maximum atomic E-state index is 12.5. The van der Waals surface area contributed by atoms with E-state index in [1.165, 1.54) is 6.08 Å². The maximum absolute atomic E-state index is 12.5. The molecule has 3 rings (SSSR count). The average molecular weight is 445 g/mol. The fourth-order valence-electron chi connectivity index (χ4n) is 3.07. The number of nitrogens with zero attached hydrogens (tertiary/aromatic N) is 1. The minimum atomic E-state index is -0.265. The van der Waals surface area contributed by atoms with E-state index in [1.807, 2.05) is 86.6 Å². The number of nitrogens with one attached hydrogen (secondary N) is 1. The summed E-state index contributed by atoms with van der Waals surface area (Å²) in [7, 11) is 3.91. The summed E-state index contributed by atoms with van der Waals surface area (Å²) in [6, 6.07) is 22.0. The third-order valence-corrected chi connectivity index (χ3v) is 4.78. The number of amides is 1. The largest absolute Gasteiger partial charge is 0.490 e. The van der Waals surface area contributed by atoms with Crippen molar-refractivity contribution in [2.24, 2.45) is 0 Å². The molecular weight excluding hydrogens is 416 g/mol. The van der Waals surface area contributed by atoms with Crippen molar-refractivity contribution in [2.45, 2.75) is 6.92 Å². The first-order valence-electron chi connectivity index (χ1n) is 10.7. The lowest BCUT2D eigenvalue weighted by atomic mass is 10.1. The number of ether oxygens (including phenoxy) is 2. The SMILES string of the molecule is CCOc1cc(/C=C/C(=O)c2ccc(N(C)C)cc2)ccc1OCC(=O)Nc1ccccc1. The zero-order valence-electron chi connectivity index (χ0n) is 19.1. The smallest absolute Gasteiger partial charge is 0.262 e. The molecule has 0 aliphatic rings. The van der Waals surface area contributed by atoms with Crippen molar-refractivity contribution in [2.75, 3.05) is 37.5 Å². The van der Waals surface area contributed by atoms with E-state index < -0.39 is 0 Å². The Morgan fingerprint density at radius 3 is 2.30 bits per heavy atom. The van der Waals surface area contributed by atoms with E-state index in [2.05, 4.69) is 5.32 Å². The molecule has 0 saturated heterocycles. The molecule has 170 valence electrons. The Hall–Kier alpha value is -4.06. The minimum absolute atomic E-state index is 0.0869. The van der Waals surface area contributed by atoms with Gasteiger partial charge in [0.25, 0.3) is 5.91 Å². The Labute approximate surface area is 194 Å². The summed E-state index contributed by atoms with van der Waals surface area (Å²) in [4.78, 5) is 26.6. The van der Waals surface area contributed by atoms with Crippen LogP contribution in [0.25, 0.3) is 6.08 Å². The molecule has 0 heterocycles. The topological polar surface area (TPSA) is 67.9 Å². The molecule has 6 heteroatoms. The van der Waals surface area contributed by atoms with E-state index in [0.717, 1.165) is 11.3 Å². The fraction of sp³-hybridized carbons (Fsp3) is 0.185. The molecule has 1 N–H and O–H groups in total. The molecule has 0 aromatic heterocycles. The number of hydrogen-bond donors (Lipinski definition) is 1. The Morgan fingerprint density at radius 1 is 0.909 bits per heavy atom. The molecule has 3 aromatic rings. The van der Waals surface area contributed by atoms with Crippen LogP contribution in [0, 0.1) is 0 Å². The second-order valence-corrected chi connectivity index (χ2v) is 7.48. The van der Waals surface area contributed by atoms with Gasteiger partial charge in [0.15, 0.2) is 23.9 Å². The molecule has 0 unspecified atom stereocenters. The highest BCUT2D eigenvalue weighted by molar-refractivity contribution is 6.07. The van der Waals surface area contributed by atoms with Gasteiger partial charge in [-0.3, -0.25) is 9.59 Å². The number of hydrogen-bond acceptors (Lipinski definition) is 5. The first-order valence-corrected chi connectivity index (χ1v) is 10.7. The van der Waals surface area contributed by atoms with E-state index in [9.17, 15) is 9.59 Å². The molecule has 0 fully saturated rings. The molecule has 0 saturated carbocycles. The van der Waals surface area contributed by atoms with Crippen LogP contribution in [0.3, 0.4) is 0 Å². The Balaban J connectivity index is 1.64. The van der Waals surface area contributed by atoms with E-state index in [0.29, 0.717) is 29.4 Å². The Kier molecular flexibility index (Phi) is 8.24. The van der Waals surface area contributed by atoms with Crippen LogP contribution in [-0.4, -0.2) is 39.0 Å². The van der Waals surface area contributed by atoms with Crippen molar-refractivity contribution >= 4 is 29.1 Å². The summed E-state index contributed by atoms with van der Waals surface area (Å²) >= 11 is 0. The van der Waals surface area contributed by atoms with Gasteiger partial charge in [0.05, 0.1) is 6.61 Å². The van der Waals surface area contributed by atoms with E-state index >= 15 is 0 Å². The first kappa shape index (κ1) is 23.6. The van der Waals surface area contributed by atoms with Crippen LogP contribution in [0.4, 0.5) is 11.4 Å². The molecule has 3 aromatic carbocycles. The summed E-state index contributed by atoms with van der Waals surface area (Å²) in [5.41, 5.74) is 3.15. The number of anilines is 2. The Bertz CT molecular complexity index is 1110. The average Bonchev–Trinajstić information content (AvgIpc) is 2.83. The molecular formula is C27H28N2O4. The third kappa shape index (κ3) is 6.97. The number of allylic oxidation sites excluding steroid dienone is 1. The van der Waals surface area contributed by atoms with Gasteiger partial charge >= 0.3 is 0 Å². The molecule has 33 heavy (non-hydrogen) atoms. The summed E-state index contributed by atoms with van der Waals surface area (Å²) in [5.74, 6) is 0.618.